The van der Waals surface area contributed by atoms with Gasteiger partial charge >= 0.3 is 0 Å². The molecule has 1 aliphatic rings. The Bertz CT molecular complexity index is 912. The van der Waals surface area contributed by atoms with Crippen molar-refractivity contribution >= 4 is 17.5 Å². The van der Waals surface area contributed by atoms with Gasteiger partial charge in [0.2, 0.25) is 5.95 Å². The smallest absolute Gasteiger partial charge is 0.243 e. The Labute approximate surface area is 155 Å². The van der Waals surface area contributed by atoms with E-state index < -0.39 is 0 Å². The van der Waals surface area contributed by atoms with Crippen molar-refractivity contribution in [3.05, 3.63) is 58.6 Å². The monoisotopic (exact) mass is 371 g/mol. The molecule has 3 aromatic rings. The minimum Gasteiger partial charge on any atom is -0.497 e. The third-order valence-electron chi connectivity index (χ3n) is 4.62. The predicted octanol–water partition coefficient (Wildman–Crippen LogP) is 3.49. The fourth-order valence-corrected chi connectivity index (χ4v) is 3.43. The number of methoxy groups -OCH3 is 2. The molecule has 0 unspecified atom stereocenters. The number of benzene rings is 2. The number of fused-ring (bicyclic) bond motifs is 1. The molecule has 0 saturated carbocycles. The van der Waals surface area contributed by atoms with Gasteiger partial charge in [-0.2, -0.15) is 0 Å². The quantitative estimate of drug-likeness (QED) is 0.756. The highest BCUT2D eigenvalue weighted by Gasteiger charge is 2.32. The summed E-state index contributed by atoms with van der Waals surface area (Å²) in [6.45, 7) is 0. The molecule has 0 saturated heterocycles. The molecule has 4 rings (SSSR count). The van der Waals surface area contributed by atoms with E-state index in [4.69, 9.17) is 21.1 Å². The van der Waals surface area contributed by atoms with Crippen LogP contribution in [-0.4, -0.2) is 34.4 Å². The average molecular weight is 372 g/mol. The first-order chi connectivity index (χ1) is 12.7. The number of aromatic nitrogens is 4. The van der Waals surface area contributed by atoms with E-state index in [1.807, 2.05) is 42.5 Å². The van der Waals surface area contributed by atoms with Gasteiger partial charge < -0.3 is 14.8 Å². The highest BCUT2D eigenvalue weighted by atomic mass is 35.5. The molecule has 0 bridgehead atoms. The molecular formula is C18H18ClN5O2. The lowest BCUT2D eigenvalue weighted by Gasteiger charge is -2.31. The van der Waals surface area contributed by atoms with Gasteiger partial charge in [-0.15, -0.1) is 0 Å². The van der Waals surface area contributed by atoms with Gasteiger partial charge in [-0.1, -0.05) is 28.8 Å². The minimum atomic E-state index is -0.0669. The van der Waals surface area contributed by atoms with E-state index >= 15 is 0 Å². The van der Waals surface area contributed by atoms with E-state index in [-0.39, 0.29) is 12.1 Å². The zero-order valence-corrected chi connectivity index (χ0v) is 15.1. The van der Waals surface area contributed by atoms with Gasteiger partial charge in [0, 0.05) is 16.7 Å². The lowest BCUT2D eigenvalue weighted by molar-refractivity contribution is 0.369. The molecule has 8 heteroatoms. The Balaban J connectivity index is 1.75. The summed E-state index contributed by atoms with van der Waals surface area (Å²) in [5.74, 6) is 2.11. The maximum atomic E-state index is 6.02. The van der Waals surface area contributed by atoms with Crippen LogP contribution in [-0.2, 0) is 0 Å². The fraction of sp³-hybridized carbons (Fsp3) is 0.278. The maximum Gasteiger partial charge on any atom is 0.243 e. The summed E-state index contributed by atoms with van der Waals surface area (Å²) in [6, 6.07) is 13.6. The molecule has 0 amide bonds. The van der Waals surface area contributed by atoms with Gasteiger partial charge in [-0.3, -0.25) is 0 Å². The van der Waals surface area contributed by atoms with Crippen molar-refractivity contribution in [3.63, 3.8) is 0 Å². The molecule has 2 atom stereocenters. The number of nitrogens with one attached hydrogen (secondary N) is 1. The second kappa shape index (κ2) is 6.84. The largest absolute Gasteiger partial charge is 0.497 e. The standard InChI is InChI=1S/C18H18ClN5O2/c1-25-13-7-8-14(17(9-13)26-2)16-10-15(11-3-5-12(19)6-4-11)20-18-21-22-23-24(16)18/h3-9,15-16H,10H2,1-2H3,(H,20,21,23)/t15-,16-/m0/s1. The summed E-state index contributed by atoms with van der Waals surface area (Å²) >= 11 is 6.02. The zero-order valence-electron chi connectivity index (χ0n) is 14.4. The summed E-state index contributed by atoms with van der Waals surface area (Å²) in [7, 11) is 3.28. The van der Waals surface area contributed by atoms with Crippen molar-refractivity contribution in [1.29, 1.82) is 0 Å². The van der Waals surface area contributed by atoms with E-state index in [2.05, 4.69) is 20.8 Å². The zero-order chi connectivity index (χ0) is 18.1. The molecule has 1 aliphatic heterocycles. The molecule has 2 aromatic carbocycles. The number of ether oxygens (including phenoxy) is 2. The van der Waals surface area contributed by atoms with E-state index in [0.29, 0.717) is 11.0 Å². The molecule has 0 aliphatic carbocycles. The van der Waals surface area contributed by atoms with Gasteiger partial charge in [-0.05, 0) is 46.7 Å². The number of tetrazole rings is 1. The SMILES string of the molecule is COc1ccc([C@@H]2C[C@@H](c3ccc(Cl)cc3)Nc3nnnn32)c(OC)c1. The summed E-state index contributed by atoms with van der Waals surface area (Å²) in [5, 5.41) is 16.2. The number of nitrogens with zero attached hydrogens (tertiary/aromatic N) is 4. The summed E-state index contributed by atoms with van der Waals surface area (Å²) in [4.78, 5) is 0. The fourth-order valence-electron chi connectivity index (χ4n) is 3.30. The first kappa shape index (κ1) is 16.7. The number of rotatable bonds is 4. The molecule has 1 N–H and O–H groups in total. The van der Waals surface area contributed by atoms with Crippen LogP contribution in [0.5, 0.6) is 11.5 Å². The van der Waals surface area contributed by atoms with Gasteiger partial charge in [0.1, 0.15) is 11.5 Å². The van der Waals surface area contributed by atoms with Crippen molar-refractivity contribution in [2.75, 3.05) is 19.5 Å². The number of halogens is 1. The third-order valence-corrected chi connectivity index (χ3v) is 4.87. The van der Waals surface area contributed by atoms with E-state index in [1.165, 1.54) is 0 Å². The lowest BCUT2D eigenvalue weighted by atomic mass is 9.93. The van der Waals surface area contributed by atoms with E-state index in [0.717, 1.165) is 29.0 Å². The molecule has 1 aromatic heterocycles. The number of anilines is 1. The lowest BCUT2D eigenvalue weighted by Crippen LogP contribution is -2.28. The molecule has 0 radical (unpaired) electrons. The van der Waals surface area contributed by atoms with Crippen LogP contribution >= 0.6 is 11.6 Å². The van der Waals surface area contributed by atoms with Crippen LogP contribution in [0.2, 0.25) is 5.02 Å². The minimum absolute atomic E-state index is 0.0579. The Morgan fingerprint density at radius 3 is 2.65 bits per heavy atom. The Hall–Kier alpha value is -2.80. The van der Waals surface area contributed by atoms with Crippen molar-refractivity contribution in [2.45, 2.75) is 18.5 Å². The topological polar surface area (TPSA) is 74.1 Å². The normalized spacial score (nSPS) is 18.7. The second-order valence-corrected chi connectivity index (χ2v) is 6.49. The first-order valence-electron chi connectivity index (χ1n) is 8.21. The van der Waals surface area contributed by atoms with Crippen LogP contribution in [0.1, 0.15) is 29.6 Å². The molecule has 0 spiro atoms. The molecule has 134 valence electrons. The van der Waals surface area contributed by atoms with Gasteiger partial charge in [-0.25, -0.2) is 4.68 Å². The summed E-state index contributed by atoms with van der Waals surface area (Å²) in [6.07, 6.45) is 0.766. The molecule has 2 heterocycles. The van der Waals surface area contributed by atoms with Gasteiger partial charge in [0.05, 0.1) is 26.3 Å². The van der Waals surface area contributed by atoms with Gasteiger partial charge in [0.25, 0.3) is 0 Å². The number of hydrogen-bond donors (Lipinski definition) is 1. The predicted molar refractivity (Wildman–Crippen MR) is 97.9 cm³/mol. The highest BCUT2D eigenvalue weighted by molar-refractivity contribution is 6.30. The molecule has 7 nitrogen and oxygen atoms in total. The van der Waals surface area contributed by atoms with E-state index in [1.54, 1.807) is 18.9 Å². The average Bonchev–Trinajstić information content (AvgIpc) is 3.16. The van der Waals surface area contributed by atoms with Crippen LogP contribution in [0.25, 0.3) is 0 Å². The van der Waals surface area contributed by atoms with Crippen LogP contribution in [0.4, 0.5) is 5.95 Å². The summed E-state index contributed by atoms with van der Waals surface area (Å²) < 4.78 is 12.7. The van der Waals surface area contributed by atoms with Crippen molar-refractivity contribution in [3.8, 4) is 11.5 Å². The van der Waals surface area contributed by atoms with Crippen molar-refractivity contribution < 1.29 is 9.47 Å². The van der Waals surface area contributed by atoms with Crippen LogP contribution in [0, 0.1) is 0 Å². The van der Waals surface area contributed by atoms with Gasteiger partial charge in [0.15, 0.2) is 0 Å². The maximum absolute atomic E-state index is 6.02. The Morgan fingerprint density at radius 2 is 1.92 bits per heavy atom. The number of hydrogen-bond acceptors (Lipinski definition) is 6. The Kier molecular flexibility index (Phi) is 4.38. The molecule has 0 fully saturated rings. The van der Waals surface area contributed by atoms with Crippen molar-refractivity contribution in [2.24, 2.45) is 0 Å². The highest BCUT2D eigenvalue weighted by Crippen LogP contribution is 2.41. The molecular weight excluding hydrogens is 354 g/mol. The Morgan fingerprint density at radius 1 is 1.12 bits per heavy atom. The third kappa shape index (κ3) is 2.94. The van der Waals surface area contributed by atoms with Crippen LogP contribution < -0.4 is 14.8 Å². The first-order valence-corrected chi connectivity index (χ1v) is 8.59. The van der Waals surface area contributed by atoms with Crippen LogP contribution in [0.15, 0.2) is 42.5 Å². The molecule has 26 heavy (non-hydrogen) atoms. The van der Waals surface area contributed by atoms with E-state index in [9.17, 15) is 0 Å². The van der Waals surface area contributed by atoms with Crippen molar-refractivity contribution in [1.82, 2.24) is 20.2 Å². The van der Waals surface area contributed by atoms with Crippen LogP contribution in [0.3, 0.4) is 0 Å². The summed E-state index contributed by atoms with van der Waals surface area (Å²) in [5.41, 5.74) is 2.13. The second-order valence-electron chi connectivity index (χ2n) is 6.05.